The highest BCUT2D eigenvalue weighted by Gasteiger charge is 2.44. The van der Waals surface area contributed by atoms with E-state index in [0.29, 0.717) is 6.61 Å². The number of hydrogen-bond donors (Lipinski definition) is 1. The molecule has 1 saturated heterocycles. The van der Waals surface area contributed by atoms with Crippen molar-refractivity contribution in [3.8, 4) is 0 Å². The highest BCUT2D eigenvalue weighted by molar-refractivity contribution is 6.11. The molecule has 0 amide bonds. The number of rotatable bonds is 9. The molecule has 4 atom stereocenters. The predicted molar refractivity (Wildman–Crippen MR) is 69.8 cm³/mol. The molecule has 0 aliphatic carbocycles. The van der Waals surface area contributed by atoms with E-state index in [1.807, 2.05) is 20.9 Å². The number of hydrogen-bond acceptors (Lipinski definition) is 5. The molecule has 2 radical (unpaired) electrons. The van der Waals surface area contributed by atoms with E-state index in [0.717, 1.165) is 13.0 Å². The first-order valence-corrected chi connectivity index (χ1v) is 6.66. The Kier molecular flexibility index (Phi) is 7.86. The van der Waals surface area contributed by atoms with Gasteiger partial charge >= 0.3 is 0 Å². The molecule has 0 aromatic carbocycles. The number of halogens is 1. The van der Waals surface area contributed by atoms with Crippen LogP contribution in [0.3, 0.4) is 0 Å². The topological polar surface area (TPSA) is 49.0 Å². The van der Waals surface area contributed by atoms with Crippen LogP contribution in [0.2, 0.25) is 0 Å². The molecule has 110 valence electrons. The van der Waals surface area contributed by atoms with Crippen LogP contribution in [0, 0.1) is 0 Å². The quantitative estimate of drug-likeness (QED) is 0.492. The summed E-state index contributed by atoms with van der Waals surface area (Å²) in [7, 11) is 7.74. The third kappa shape index (κ3) is 5.35. The van der Waals surface area contributed by atoms with Crippen molar-refractivity contribution in [1.29, 1.82) is 0 Å². The van der Waals surface area contributed by atoms with Crippen LogP contribution in [0.1, 0.15) is 20.3 Å². The summed E-state index contributed by atoms with van der Waals surface area (Å²) in [5, 5.41) is 3.03. The zero-order valence-electron chi connectivity index (χ0n) is 11.8. The molecule has 0 spiro atoms. The monoisotopic (exact) mass is 275 g/mol. The Morgan fingerprint density at radius 2 is 2.11 bits per heavy atom. The Morgan fingerprint density at radius 1 is 1.37 bits per heavy atom. The van der Waals surface area contributed by atoms with E-state index in [1.165, 1.54) is 0 Å². The molecule has 1 aliphatic rings. The van der Waals surface area contributed by atoms with Crippen LogP contribution in [0.25, 0.3) is 0 Å². The summed E-state index contributed by atoms with van der Waals surface area (Å²) in [6, 6.07) is -0.626. The maximum atomic E-state index is 12.0. The number of ether oxygens (including phenoxy) is 3. The first kappa shape index (κ1) is 16.8. The molecule has 7 heteroatoms. The summed E-state index contributed by atoms with van der Waals surface area (Å²) in [5.41, 5.74) is 0. The van der Waals surface area contributed by atoms with Gasteiger partial charge in [-0.15, -0.1) is 0 Å². The minimum absolute atomic E-state index is 0.0237. The van der Waals surface area contributed by atoms with Crippen LogP contribution in [0.15, 0.2) is 0 Å². The van der Waals surface area contributed by atoms with Gasteiger partial charge in [0.2, 0.25) is 0 Å². The molecule has 5 nitrogen and oxygen atoms in total. The molecule has 1 rings (SSSR count). The maximum absolute atomic E-state index is 12.0. The Balaban J connectivity index is 2.52. The summed E-state index contributed by atoms with van der Waals surface area (Å²) in [6.07, 6.45) is -0.529. The van der Waals surface area contributed by atoms with Crippen molar-refractivity contribution in [1.82, 2.24) is 5.32 Å². The van der Waals surface area contributed by atoms with Gasteiger partial charge in [-0.3, -0.25) is 0 Å². The van der Waals surface area contributed by atoms with Crippen molar-refractivity contribution in [3.63, 3.8) is 0 Å². The molecule has 1 N–H and O–H groups in total. The van der Waals surface area contributed by atoms with Gasteiger partial charge in [-0.2, -0.15) is 4.94 Å². The third-order valence-corrected chi connectivity index (χ3v) is 2.88. The molecule has 1 heterocycles. The summed E-state index contributed by atoms with van der Waals surface area (Å²) in [4.78, 5) is 3.65. The van der Waals surface area contributed by atoms with Crippen LogP contribution in [0.5, 0.6) is 0 Å². The van der Waals surface area contributed by atoms with E-state index in [2.05, 4.69) is 10.3 Å². The van der Waals surface area contributed by atoms with Crippen LogP contribution in [-0.2, 0) is 19.2 Å². The molecule has 1 aliphatic heterocycles. The van der Waals surface area contributed by atoms with Crippen molar-refractivity contribution in [2.75, 3.05) is 26.8 Å². The van der Waals surface area contributed by atoms with Gasteiger partial charge in [0.05, 0.1) is 6.10 Å². The smallest absolute Gasteiger partial charge is 0.116 e. The fourth-order valence-corrected chi connectivity index (χ4v) is 2.09. The van der Waals surface area contributed by atoms with E-state index in [1.54, 1.807) is 0 Å². The van der Waals surface area contributed by atoms with Crippen LogP contribution in [0.4, 0.5) is 4.53 Å². The molecule has 0 aromatic heterocycles. The average molecular weight is 275 g/mol. The predicted octanol–water partition coefficient (Wildman–Crippen LogP) is 0.569. The zero-order valence-corrected chi connectivity index (χ0v) is 11.8. The molecule has 19 heavy (non-hydrogen) atoms. The van der Waals surface area contributed by atoms with Crippen molar-refractivity contribution in [3.05, 3.63) is 0 Å². The molecular formula is C12H23BFNO4. The van der Waals surface area contributed by atoms with Crippen LogP contribution < -0.4 is 5.32 Å². The fraction of sp³-hybridized carbons (Fsp3) is 1.00. The van der Waals surface area contributed by atoms with Gasteiger partial charge in [-0.25, -0.2) is 0 Å². The molecule has 0 bridgehead atoms. The van der Waals surface area contributed by atoms with Crippen LogP contribution in [-0.4, -0.2) is 65.1 Å². The van der Waals surface area contributed by atoms with Crippen molar-refractivity contribution >= 4 is 7.85 Å². The summed E-state index contributed by atoms with van der Waals surface area (Å²) >= 11 is 0. The highest BCUT2D eigenvalue weighted by Crippen LogP contribution is 2.26. The van der Waals surface area contributed by atoms with Crippen LogP contribution >= 0.6 is 0 Å². The lowest BCUT2D eigenvalue weighted by Gasteiger charge is -2.25. The molecular weight excluding hydrogens is 252 g/mol. The van der Waals surface area contributed by atoms with Gasteiger partial charge in [-0.05, 0) is 38.4 Å². The summed E-state index contributed by atoms with van der Waals surface area (Å²) in [5.74, 6) is 0. The van der Waals surface area contributed by atoms with E-state index in [-0.39, 0.29) is 12.7 Å². The Morgan fingerprint density at radius 3 is 2.68 bits per heavy atom. The van der Waals surface area contributed by atoms with Gasteiger partial charge < -0.3 is 19.5 Å². The lowest BCUT2D eigenvalue weighted by Crippen LogP contribution is -2.40. The number of nitrogens with one attached hydrogen (secondary N) is 1. The van der Waals surface area contributed by atoms with E-state index in [4.69, 9.17) is 22.1 Å². The maximum Gasteiger partial charge on any atom is 0.116 e. The second-order valence-corrected chi connectivity index (χ2v) is 4.86. The third-order valence-electron chi connectivity index (χ3n) is 2.88. The minimum Gasteiger partial charge on any atom is -0.377 e. The van der Waals surface area contributed by atoms with Crippen molar-refractivity contribution < 1.29 is 23.7 Å². The lowest BCUT2D eigenvalue weighted by molar-refractivity contribution is -0.178. The van der Waals surface area contributed by atoms with E-state index in [9.17, 15) is 4.53 Å². The van der Waals surface area contributed by atoms with Gasteiger partial charge in [0.1, 0.15) is 32.8 Å². The van der Waals surface area contributed by atoms with Gasteiger partial charge in [0, 0.05) is 12.6 Å². The average Bonchev–Trinajstić information content (AvgIpc) is 2.62. The van der Waals surface area contributed by atoms with Gasteiger partial charge in [0.25, 0.3) is 0 Å². The normalized spacial score (nSPS) is 31.2. The Labute approximate surface area is 115 Å². The Hall–Kier alpha value is -0.205. The standard InChI is InChI=1S/C12H23BFNO4/c1-8(2)18-10-9(7-17-14)19-12(13)11(10)16-6-4-5-15-3/h8-12,15H,4-7H2,1-3H3. The largest absolute Gasteiger partial charge is 0.377 e. The SMILES string of the molecule is [B]C1OC(COF)C(OC(C)C)C1OCCCNC. The fourth-order valence-electron chi connectivity index (χ4n) is 2.09. The molecule has 4 unspecified atom stereocenters. The van der Waals surface area contributed by atoms with Gasteiger partial charge in [-0.1, -0.05) is 0 Å². The van der Waals surface area contributed by atoms with Crippen molar-refractivity contribution in [2.45, 2.75) is 50.7 Å². The minimum atomic E-state index is -0.626. The molecule has 0 aromatic rings. The lowest BCUT2D eigenvalue weighted by atomic mass is 9.92. The van der Waals surface area contributed by atoms with E-state index < -0.39 is 24.3 Å². The van der Waals surface area contributed by atoms with Gasteiger partial charge in [0.15, 0.2) is 0 Å². The summed E-state index contributed by atoms with van der Waals surface area (Å²) < 4.78 is 28.9. The summed E-state index contributed by atoms with van der Waals surface area (Å²) in [6.45, 7) is 4.99. The van der Waals surface area contributed by atoms with Crippen molar-refractivity contribution in [2.24, 2.45) is 0 Å². The second-order valence-electron chi connectivity index (χ2n) is 4.86. The molecule has 1 fully saturated rings. The highest BCUT2D eigenvalue weighted by atomic mass is 19.3. The molecule has 0 saturated carbocycles. The second kappa shape index (κ2) is 8.87. The first-order valence-electron chi connectivity index (χ1n) is 6.66. The first-order chi connectivity index (χ1) is 9.10. The zero-order chi connectivity index (χ0) is 14.3. The Bertz CT molecular complexity index is 248. The van der Waals surface area contributed by atoms with E-state index >= 15 is 0 Å².